The Labute approximate surface area is 254 Å². The summed E-state index contributed by atoms with van der Waals surface area (Å²) >= 11 is 0. The van der Waals surface area contributed by atoms with E-state index in [0.717, 1.165) is 0 Å². The smallest absolute Gasteiger partial charge is 0.343 e. The molecule has 0 aliphatic heterocycles. The van der Waals surface area contributed by atoms with Gasteiger partial charge in [-0.2, -0.15) is 5.10 Å². The molecular formula is C33H31N3O8. The summed E-state index contributed by atoms with van der Waals surface area (Å²) in [6, 6.07) is 23.0. The summed E-state index contributed by atoms with van der Waals surface area (Å²) in [7, 11) is 4.37. The molecule has 0 aromatic heterocycles. The number of nitrogens with zero attached hydrogens (tertiary/aromatic N) is 1. The Balaban J connectivity index is 1.46. The SMILES string of the molecule is CCOc1cc(/C=N\NC(=O)c2ccccc2NC(=O)c2cc(OC)c(OC)c(OC)c2)ccc1OC(=O)c1ccccc1. The Bertz CT molecular complexity index is 1650. The van der Waals surface area contributed by atoms with Crippen molar-refractivity contribution < 1.29 is 38.1 Å². The number of methoxy groups -OCH3 is 3. The number of ether oxygens (including phenoxy) is 5. The van der Waals surface area contributed by atoms with Crippen molar-refractivity contribution in [2.45, 2.75) is 6.92 Å². The molecule has 0 aliphatic carbocycles. The first-order chi connectivity index (χ1) is 21.4. The lowest BCUT2D eigenvalue weighted by Crippen LogP contribution is -2.21. The minimum absolute atomic E-state index is 0.184. The topological polar surface area (TPSA) is 134 Å². The Kier molecular flexibility index (Phi) is 10.5. The highest BCUT2D eigenvalue weighted by Crippen LogP contribution is 2.38. The van der Waals surface area contributed by atoms with E-state index >= 15 is 0 Å². The van der Waals surface area contributed by atoms with E-state index in [1.54, 1.807) is 66.7 Å². The van der Waals surface area contributed by atoms with E-state index in [-0.39, 0.29) is 22.6 Å². The van der Waals surface area contributed by atoms with Crippen LogP contribution in [-0.2, 0) is 0 Å². The maximum Gasteiger partial charge on any atom is 0.343 e. The van der Waals surface area contributed by atoms with Crippen LogP contribution in [-0.4, -0.2) is 51.9 Å². The van der Waals surface area contributed by atoms with Gasteiger partial charge in [0.1, 0.15) is 0 Å². The van der Waals surface area contributed by atoms with Crippen molar-refractivity contribution in [1.29, 1.82) is 0 Å². The van der Waals surface area contributed by atoms with Gasteiger partial charge in [-0.3, -0.25) is 9.59 Å². The molecule has 226 valence electrons. The van der Waals surface area contributed by atoms with Gasteiger partial charge in [-0.1, -0.05) is 30.3 Å². The Hall–Kier alpha value is -5.84. The van der Waals surface area contributed by atoms with Crippen LogP contribution in [0, 0.1) is 0 Å². The fraction of sp³-hybridized carbons (Fsp3) is 0.152. The lowest BCUT2D eigenvalue weighted by Gasteiger charge is -2.15. The average Bonchev–Trinajstić information content (AvgIpc) is 3.05. The van der Waals surface area contributed by atoms with Gasteiger partial charge in [-0.05, 0) is 67.1 Å². The monoisotopic (exact) mass is 597 g/mol. The molecule has 0 fully saturated rings. The average molecular weight is 598 g/mol. The van der Waals surface area contributed by atoms with Crippen LogP contribution in [0.25, 0.3) is 0 Å². The van der Waals surface area contributed by atoms with Crippen LogP contribution in [0.1, 0.15) is 43.6 Å². The number of anilines is 1. The molecule has 0 radical (unpaired) electrons. The molecule has 0 atom stereocenters. The normalized spacial score (nSPS) is 10.5. The standard InChI is InChI=1S/C33H31N3O8/c1-5-43-27-17-21(15-16-26(27)44-33(39)22-11-7-6-8-12-22)20-34-36-32(38)24-13-9-10-14-25(24)35-31(37)23-18-28(40-2)30(42-4)29(19-23)41-3/h6-20H,5H2,1-4H3,(H,35,37)(H,36,38)/b34-20-. The van der Waals surface area contributed by atoms with Crippen LogP contribution in [0.4, 0.5) is 5.69 Å². The number of amides is 2. The molecule has 4 aromatic rings. The number of carbonyl (C=O) groups is 3. The third-order valence-corrected chi connectivity index (χ3v) is 6.21. The molecule has 0 saturated heterocycles. The highest BCUT2D eigenvalue weighted by atomic mass is 16.6. The Morgan fingerprint density at radius 2 is 1.41 bits per heavy atom. The van der Waals surface area contributed by atoms with E-state index < -0.39 is 17.8 Å². The van der Waals surface area contributed by atoms with Crippen LogP contribution >= 0.6 is 0 Å². The molecule has 0 saturated carbocycles. The van der Waals surface area contributed by atoms with Crippen molar-refractivity contribution in [3.8, 4) is 28.7 Å². The number of hydrogen-bond donors (Lipinski definition) is 2. The number of hydrogen-bond acceptors (Lipinski definition) is 9. The van der Waals surface area contributed by atoms with Crippen LogP contribution in [0.5, 0.6) is 28.7 Å². The van der Waals surface area contributed by atoms with Crippen molar-refractivity contribution >= 4 is 29.7 Å². The molecule has 44 heavy (non-hydrogen) atoms. The minimum Gasteiger partial charge on any atom is -0.493 e. The molecule has 2 N–H and O–H groups in total. The third-order valence-electron chi connectivity index (χ3n) is 6.21. The molecule has 0 bridgehead atoms. The van der Waals surface area contributed by atoms with Crippen molar-refractivity contribution in [1.82, 2.24) is 5.43 Å². The number of carbonyl (C=O) groups excluding carboxylic acids is 3. The first-order valence-electron chi connectivity index (χ1n) is 13.5. The summed E-state index contributed by atoms with van der Waals surface area (Å²) in [6.07, 6.45) is 1.42. The van der Waals surface area contributed by atoms with E-state index in [1.165, 1.54) is 39.7 Å². The van der Waals surface area contributed by atoms with Crippen LogP contribution in [0.3, 0.4) is 0 Å². The summed E-state index contributed by atoms with van der Waals surface area (Å²) in [5, 5.41) is 6.80. The molecular weight excluding hydrogens is 566 g/mol. The summed E-state index contributed by atoms with van der Waals surface area (Å²) in [5.74, 6) is -0.00767. The zero-order chi connectivity index (χ0) is 31.5. The first-order valence-corrected chi connectivity index (χ1v) is 13.5. The second-order valence-corrected chi connectivity index (χ2v) is 9.01. The van der Waals surface area contributed by atoms with E-state index in [0.29, 0.717) is 40.7 Å². The largest absolute Gasteiger partial charge is 0.493 e. The zero-order valence-corrected chi connectivity index (χ0v) is 24.6. The highest BCUT2D eigenvalue weighted by Gasteiger charge is 2.19. The number of rotatable bonds is 12. The number of hydrazone groups is 1. The Morgan fingerprint density at radius 3 is 2.07 bits per heavy atom. The van der Waals surface area contributed by atoms with Crippen molar-refractivity contribution in [2.75, 3.05) is 33.3 Å². The van der Waals surface area contributed by atoms with Gasteiger partial charge < -0.3 is 29.0 Å². The summed E-state index contributed by atoms with van der Waals surface area (Å²) in [6.45, 7) is 2.15. The maximum absolute atomic E-state index is 13.1. The predicted octanol–water partition coefficient (Wildman–Crippen LogP) is 5.35. The van der Waals surface area contributed by atoms with Gasteiger partial charge in [-0.25, -0.2) is 10.2 Å². The maximum atomic E-state index is 13.1. The van der Waals surface area contributed by atoms with Crippen molar-refractivity contribution in [3.63, 3.8) is 0 Å². The van der Waals surface area contributed by atoms with E-state index in [9.17, 15) is 14.4 Å². The number of nitrogens with one attached hydrogen (secondary N) is 2. The van der Waals surface area contributed by atoms with Crippen molar-refractivity contribution in [2.24, 2.45) is 5.10 Å². The lowest BCUT2D eigenvalue weighted by atomic mass is 10.1. The Morgan fingerprint density at radius 1 is 0.727 bits per heavy atom. The zero-order valence-electron chi connectivity index (χ0n) is 24.6. The first kappa shape index (κ1) is 31.1. The second kappa shape index (κ2) is 14.9. The number of esters is 1. The molecule has 4 rings (SSSR count). The van der Waals surface area contributed by atoms with Gasteiger partial charge in [0.25, 0.3) is 11.8 Å². The fourth-order valence-electron chi connectivity index (χ4n) is 4.11. The molecule has 11 nitrogen and oxygen atoms in total. The molecule has 0 aliphatic rings. The van der Waals surface area contributed by atoms with E-state index in [2.05, 4.69) is 15.8 Å². The van der Waals surface area contributed by atoms with Gasteiger partial charge in [0.2, 0.25) is 5.75 Å². The van der Waals surface area contributed by atoms with Crippen LogP contribution in [0.2, 0.25) is 0 Å². The van der Waals surface area contributed by atoms with Gasteiger partial charge in [0.05, 0.1) is 51.0 Å². The lowest BCUT2D eigenvalue weighted by molar-refractivity contribution is 0.0728. The quantitative estimate of drug-likeness (QED) is 0.0967. The van der Waals surface area contributed by atoms with Gasteiger partial charge in [-0.15, -0.1) is 0 Å². The fourth-order valence-corrected chi connectivity index (χ4v) is 4.11. The van der Waals surface area contributed by atoms with E-state index in [4.69, 9.17) is 23.7 Å². The van der Waals surface area contributed by atoms with Crippen LogP contribution in [0.15, 0.2) is 90.0 Å². The van der Waals surface area contributed by atoms with Gasteiger partial charge >= 0.3 is 5.97 Å². The summed E-state index contributed by atoms with van der Waals surface area (Å²) in [5.41, 5.74) is 4.14. The van der Waals surface area contributed by atoms with E-state index in [1.807, 2.05) is 13.0 Å². The van der Waals surface area contributed by atoms with Gasteiger partial charge in [0.15, 0.2) is 23.0 Å². The highest BCUT2D eigenvalue weighted by molar-refractivity contribution is 6.09. The van der Waals surface area contributed by atoms with Crippen molar-refractivity contribution in [3.05, 3.63) is 107 Å². The summed E-state index contributed by atoms with van der Waals surface area (Å²) < 4.78 is 27.1. The predicted molar refractivity (Wildman–Crippen MR) is 165 cm³/mol. The number of benzene rings is 4. The second-order valence-electron chi connectivity index (χ2n) is 9.01. The third kappa shape index (κ3) is 7.51. The number of para-hydroxylation sites is 1. The minimum atomic E-state index is -0.555. The molecule has 0 unspecified atom stereocenters. The molecule has 2 amide bonds. The van der Waals surface area contributed by atoms with Gasteiger partial charge in [0, 0.05) is 5.56 Å². The molecule has 11 heteroatoms. The molecule has 0 heterocycles. The molecule has 4 aromatic carbocycles. The molecule has 0 spiro atoms. The summed E-state index contributed by atoms with van der Waals surface area (Å²) in [4.78, 5) is 38.6. The van der Waals surface area contributed by atoms with Crippen LogP contribution < -0.4 is 34.4 Å².